The van der Waals surface area contributed by atoms with Crippen molar-refractivity contribution in [2.24, 2.45) is 7.05 Å². The summed E-state index contributed by atoms with van der Waals surface area (Å²) in [4.78, 5) is 24.4. The van der Waals surface area contributed by atoms with Gasteiger partial charge in [-0.15, -0.1) is 0 Å². The molecule has 6 nitrogen and oxygen atoms in total. The maximum atomic E-state index is 12.0. The van der Waals surface area contributed by atoms with Crippen molar-refractivity contribution in [3.8, 4) is 0 Å². The molecule has 2 heterocycles. The van der Waals surface area contributed by atoms with Crippen molar-refractivity contribution in [2.75, 3.05) is 6.54 Å². The molecule has 0 unspecified atom stereocenters. The molecule has 1 atom stereocenters. The second-order valence-corrected chi connectivity index (χ2v) is 4.28. The average molecular weight is 237 g/mol. The highest BCUT2D eigenvalue weighted by molar-refractivity contribution is 5.85. The maximum absolute atomic E-state index is 12.0. The van der Waals surface area contributed by atoms with Gasteiger partial charge in [-0.25, -0.2) is 4.79 Å². The summed E-state index contributed by atoms with van der Waals surface area (Å²) >= 11 is 0. The van der Waals surface area contributed by atoms with Crippen LogP contribution in [-0.2, 0) is 23.1 Å². The van der Waals surface area contributed by atoms with Crippen LogP contribution in [0.3, 0.4) is 0 Å². The number of hydrogen-bond acceptors (Lipinski definition) is 3. The summed E-state index contributed by atoms with van der Waals surface area (Å²) < 4.78 is 1.63. The van der Waals surface area contributed by atoms with Crippen LogP contribution in [0.1, 0.15) is 18.4 Å². The summed E-state index contributed by atoms with van der Waals surface area (Å²) in [6.45, 7) is 0.538. The summed E-state index contributed by atoms with van der Waals surface area (Å²) in [5.74, 6) is -1.05. The molecule has 1 saturated heterocycles. The first-order chi connectivity index (χ1) is 8.08. The van der Waals surface area contributed by atoms with Crippen molar-refractivity contribution in [3.05, 3.63) is 18.0 Å². The first kappa shape index (κ1) is 11.6. The van der Waals surface area contributed by atoms with Gasteiger partial charge in [-0.05, 0) is 18.4 Å². The second kappa shape index (κ2) is 4.57. The number of aliphatic carboxylic acids is 1. The summed E-state index contributed by atoms with van der Waals surface area (Å²) in [6, 6.07) is -0.654. The monoisotopic (exact) mass is 237 g/mol. The van der Waals surface area contributed by atoms with Crippen molar-refractivity contribution in [1.29, 1.82) is 0 Å². The predicted molar refractivity (Wildman–Crippen MR) is 59.3 cm³/mol. The topological polar surface area (TPSA) is 75.4 Å². The van der Waals surface area contributed by atoms with E-state index in [1.807, 2.05) is 0 Å². The van der Waals surface area contributed by atoms with E-state index in [2.05, 4.69) is 5.10 Å². The van der Waals surface area contributed by atoms with Crippen molar-refractivity contribution in [2.45, 2.75) is 25.3 Å². The Labute approximate surface area is 98.8 Å². The second-order valence-electron chi connectivity index (χ2n) is 4.28. The Balaban J connectivity index is 2.02. The molecule has 1 N–H and O–H groups in total. The molecule has 0 spiro atoms. The minimum atomic E-state index is -0.915. The van der Waals surface area contributed by atoms with Gasteiger partial charge in [-0.1, -0.05) is 0 Å². The minimum Gasteiger partial charge on any atom is -0.480 e. The van der Waals surface area contributed by atoms with Gasteiger partial charge in [-0.2, -0.15) is 5.10 Å². The van der Waals surface area contributed by atoms with E-state index in [9.17, 15) is 9.59 Å². The molecule has 1 aromatic heterocycles. The molecule has 0 aromatic carbocycles. The summed E-state index contributed by atoms with van der Waals surface area (Å²) in [7, 11) is 1.78. The Morgan fingerprint density at radius 3 is 2.94 bits per heavy atom. The zero-order chi connectivity index (χ0) is 12.4. The third-order valence-corrected chi connectivity index (χ3v) is 2.97. The Morgan fingerprint density at radius 2 is 2.35 bits per heavy atom. The molecule has 0 aliphatic carbocycles. The number of amides is 1. The molecule has 0 radical (unpaired) electrons. The van der Waals surface area contributed by atoms with E-state index in [4.69, 9.17) is 5.11 Å². The quantitative estimate of drug-likeness (QED) is 0.805. The number of likely N-dealkylation sites (tertiary alicyclic amines) is 1. The average Bonchev–Trinajstić information content (AvgIpc) is 2.86. The SMILES string of the molecule is Cn1cc(CC(=O)N2CCC[C@@H]2C(=O)O)cn1. The van der Waals surface area contributed by atoms with Crippen LogP contribution >= 0.6 is 0 Å². The Bertz CT molecular complexity index is 441. The van der Waals surface area contributed by atoms with Crippen LogP contribution in [0, 0.1) is 0 Å². The van der Waals surface area contributed by atoms with Gasteiger partial charge in [-0.3, -0.25) is 9.48 Å². The molecule has 92 valence electrons. The zero-order valence-electron chi connectivity index (χ0n) is 9.67. The number of aromatic nitrogens is 2. The third kappa shape index (κ3) is 2.46. The number of aryl methyl sites for hydroxylation is 1. The highest BCUT2D eigenvalue weighted by Crippen LogP contribution is 2.18. The van der Waals surface area contributed by atoms with E-state index in [0.717, 1.165) is 12.0 Å². The molecule has 1 fully saturated rings. The summed E-state index contributed by atoms with van der Waals surface area (Å²) in [5, 5.41) is 13.0. The van der Waals surface area contributed by atoms with E-state index >= 15 is 0 Å². The molecular formula is C11H15N3O3. The van der Waals surface area contributed by atoms with Crippen LogP contribution in [0.4, 0.5) is 0 Å². The lowest BCUT2D eigenvalue weighted by Gasteiger charge is -2.20. The zero-order valence-corrected chi connectivity index (χ0v) is 9.67. The Morgan fingerprint density at radius 1 is 1.59 bits per heavy atom. The van der Waals surface area contributed by atoms with Gasteiger partial charge in [0.05, 0.1) is 12.6 Å². The van der Waals surface area contributed by atoms with E-state index < -0.39 is 12.0 Å². The highest BCUT2D eigenvalue weighted by Gasteiger charge is 2.33. The van der Waals surface area contributed by atoms with Gasteiger partial charge in [0.25, 0.3) is 0 Å². The molecule has 6 heteroatoms. The normalized spacial score (nSPS) is 19.6. The molecule has 1 aromatic rings. The molecule has 0 bridgehead atoms. The van der Waals surface area contributed by atoms with Gasteiger partial charge in [0.1, 0.15) is 6.04 Å². The van der Waals surface area contributed by atoms with Crippen molar-refractivity contribution in [1.82, 2.24) is 14.7 Å². The van der Waals surface area contributed by atoms with Crippen LogP contribution < -0.4 is 0 Å². The third-order valence-electron chi connectivity index (χ3n) is 2.97. The van der Waals surface area contributed by atoms with Crippen LogP contribution in [0.5, 0.6) is 0 Å². The van der Waals surface area contributed by atoms with Gasteiger partial charge in [0, 0.05) is 19.8 Å². The standard InChI is InChI=1S/C11H15N3O3/c1-13-7-8(6-12-13)5-10(15)14-4-2-3-9(14)11(16)17/h6-7,9H,2-5H2,1H3,(H,16,17)/t9-/m1/s1. The van der Waals surface area contributed by atoms with Crippen LogP contribution in [0.15, 0.2) is 12.4 Å². The van der Waals surface area contributed by atoms with Gasteiger partial charge in [0.2, 0.25) is 5.91 Å². The number of carboxylic acid groups (broad SMARTS) is 1. The number of carbonyl (C=O) groups is 2. The van der Waals surface area contributed by atoms with E-state index in [0.29, 0.717) is 13.0 Å². The number of rotatable bonds is 3. The fourth-order valence-electron chi connectivity index (χ4n) is 2.16. The molecule has 1 amide bonds. The molecule has 1 aliphatic rings. The minimum absolute atomic E-state index is 0.136. The molecule has 2 rings (SSSR count). The highest BCUT2D eigenvalue weighted by atomic mass is 16.4. The first-order valence-corrected chi connectivity index (χ1v) is 5.57. The van der Waals surface area contributed by atoms with E-state index in [-0.39, 0.29) is 12.3 Å². The lowest BCUT2D eigenvalue weighted by molar-refractivity contribution is -0.148. The number of carbonyl (C=O) groups excluding carboxylic acids is 1. The first-order valence-electron chi connectivity index (χ1n) is 5.57. The molecule has 1 aliphatic heterocycles. The van der Waals surface area contributed by atoms with E-state index in [1.165, 1.54) is 4.90 Å². The lowest BCUT2D eigenvalue weighted by Crippen LogP contribution is -2.41. The number of hydrogen-bond donors (Lipinski definition) is 1. The van der Waals surface area contributed by atoms with Crippen molar-refractivity contribution >= 4 is 11.9 Å². The maximum Gasteiger partial charge on any atom is 0.326 e. The lowest BCUT2D eigenvalue weighted by atomic mass is 10.2. The Kier molecular flexibility index (Phi) is 3.12. The van der Waals surface area contributed by atoms with Crippen LogP contribution in [0.25, 0.3) is 0 Å². The number of nitrogens with zero attached hydrogens (tertiary/aromatic N) is 3. The predicted octanol–water partition coefficient (Wildman–Crippen LogP) is 0.0382. The van der Waals surface area contributed by atoms with E-state index in [1.54, 1.807) is 24.1 Å². The Hall–Kier alpha value is -1.85. The van der Waals surface area contributed by atoms with Crippen molar-refractivity contribution in [3.63, 3.8) is 0 Å². The number of carboxylic acids is 1. The molecule has 0 saturated carbocycles. The fourth-order valence-corrected chi connectivity index (χ4v) is 2.16. The molecular weight excluding hydrogens is 222 g/mol. The van der Waals surface area contributed by atoms with Crippen LogP contribution in [-0.4, -0.2) is 44.3 Å². The molecule has 17 heavy (non-hydrogen) atoms. The van der Waals surface area contributed by atoms with Crippen molar-refractivity contribution < 1.29 is 14.7 Å². The van der Waals surface area contributed by atoms with Gasteiger partial charge < -0.3 is 10.0 Å². The van der Waals surface area contributed by atoms with Gasteiger partial charge >= 0.3 is 5.97 Å². The summed E-state index contributed by atoms with van der Waals surface area (Å²) in [6.07, 6.45) is 4.93. The summed E-state index contributed by atoms with van der Waals surface area (Å²) in [5.41, 5.74) is 0.813. The smallest absolute Gasteiger partial charge is 0.326 e. The largest absolute Gasteiger partial charge is 0.480 e. The fraction of sp³-hybridized carbons (Fsp3) is 0.545. The van der Waals surface area contributed by atoms with Crippen LogP contribution in [0.2, 0.25) is 0 Å². The van der Waals surface area contributed by atoms with Gasteiger partial charge in [0.15, 0.2) is 0 Å².